The second-order valence-corrected chi connectivity index (χ2v) is 5.79. The maximum Gasteiger partial charge on any atom is 0.293 e. The summed E-state index contributed by atoms with van der Waals surface area (Å²) in [5.41, 5.74) is 1.85. The number of pyridine rings is 1. The highest BCUT2D eigenvalue weighted by atomic mass is 16.5. The largest absolute Gasteiger partial charge is 0.455 e. The zero-order valence-electron chi connectivity index (χ0n) is 14.2. The van der Waals surface area contributed by atoms with Crippen molar-refractivity contribution in [2.45, 2.75) is 20.4 Å². The van der Waals surface area contributed by atoms with Crippen LogP contribution in [0.5, 0.6) is 0 Å². The molecule has 7 nitrogen and oxygen atoms in total. The number of hydrogen-bond donors (Lipinski definition) is 0. The predicted molar refractivity (Wildman–Crippen MR) is 92.8 cm³/mol. The van der Waals surface area contributed by atoms with E-state index in [-0.39, 0.29) is 0 Å². The molecule has 0 saturated carbocycles. The second kappa shape index (κ2) is 6.52. The minimum Gasteiger partial charge on any atom is -0.455 e. The molecule has 0 bridgehead atoms. The first-order chi connectivity index (χ1) is 12.3. The van der Waals surface area contributed by atoms with Gasteiger partial charge in [-0.05, 0) is 37.4 Å². The Balaban J connectivity index is 1.57. The van der Waals surface area contributed by atoms with Crippen LogP contribution in [-0.4, -0.2) is 37.5 Å². The van der Waals surface area contributed by atoms with Crippen molar-refractivity contribution in [2.75, 3.05) is 13.1 Å². The van der Waals surface area contributed by atoms with E-state index in [0.29, 0.717) is 17.5 Å². The Morgan fingerprint density at radius 2 is 2.04 bits per heavy atom. The molecule has 4 aromatic rings. The molecule has 0 aromatic carbocycles. The summed E-state index contributed by atoms with van der Waals surface area (Å²) < 4.78 is 13.2. The number of hydrogen-bond acceptors (Lipinski definition) is 6. The van der Waals surface area contributed by atoms with Gasteiger partial charge in [-0.25, -0.2) is 4.98 Å². The third kappa shape index (κ3) is 3.06. The molecule has 4 aromatic heterocycles. The molecule has 0 unspecified atom stereocenters. The molecule has 7 heteroatoms. The number of imidazole rings is 1. The van der Waals surface area contributed by atoms with E-state index in [0.717, 1.165) is 36.5 Å². The first-order valence-electron chi connectivity index (χ1n) is 8.34. The van der Waals surface area contributed by atoms with Crippen LogP contribution in [0.15, 0.2) is 51.9 Å². The Morgan fingerprint density at radius 1 is 1.16 bits per heavy atom. The van der Waals surface area contributed by atoms with Crippen molar-refractivity contribution in [2.24, 2.45) is 0 Å². The van der Waals surface area contributed by atoms with Gasteiger partial charge in [-0.3, -0.25) is 4.90 Å². The summed E-state index contributed by atoms with van der Waals surface area (Å²) in [6.45, 7) is 7.00. The van der Waals surface area contributed by atoms with E-state index in [1.165, 1.54) is 0 Å². The topological polar surface area (TPSA) is 72.6 Å². The molecule has 4 heterocycles. The molecule has 0 aliphatic rings. The van der Waals surface area contributed by atoms with Gasteiger partial charge in [-0.1, -0.05) is 19.0 Å². The zero-order valence-corrected chi connectivity index (χ0v) is 14.2. The zero-order chi connectivity index (χ0) is 17.2. The number of fused-ring (bicyclic) bond motifs is 1. The van der Waals surface area contributed by atoms with E-state index in [1.807, 2.05) is 34.9 Å². The maximum absolute atomic E-state index is 5.86. The fourth-order valence-corrected chi connectivity index (χ4v) is 2.74. The molecule has 128 valence electrons. The highest BCUT2D eigenvalue weighted by Gasteiger charge is 2.15. The minimum atomic E-state index is 0.383. The monoisotopic (exact) mass is 337 g/mol. The van der Waals surface area contributed by atoms with Gasteiger partial charge in [-0.15, -0.1) is 0 Å². The minimum absolute atomic E-state index is 0.383. The third-order valence-electron chi connectivity index (χ3n) is 4.24. The van der Waals surface area contributed by atoms with Crippen LogP contribution in [0.3, 0.4) is 0 Å². The van der Waals surface area contributed by atoms with Gasteiger partial charge in [0.15, 0.2) is 5.76 Å². The highest BCUT2D eigenvalue weighted by molar-refractivity contribution is 5.63. The molecule has 0 aliphatic carbocycles. The molecule has 25 heavy (non-hydrogen) atoms. The second-order valence-electron chi connectivity index (χ2n) is 5.79. The number of furan rings is 1. The van der Waals surface area contributed by atoms with E-state index in [4.69, 9.17) is 8.94 Å². The summed E-state index contributed by atoms with van der Waals surface area (Å²) in [7, 11) is 0. The van der Waals surface area contributed by atoms with Gasteiger partial charge in [0.2, 0.25) is 5.82 Å². The van der Waals surface area contributed by atoms with Crippen LogP contribution < -0.4 is 0 Å². The average molecular weight is 337 g/mol. The van der Waals surface area contributed by atoms with Crippen LogP contribution >= 0.6 is 0 Å². The van der Waals surface area contributed by atoms with Gasteiger partial charge in [0.1, 0.15) is 5.76 Å². The molecule has 0 amide bonds. The lowest BCUT2D eigenvalue weighted by Crippen LogP contribution is -2.21. The summed E-state index contributed by atoms with van der Waals surface area (Å²) >= 11 is 0. The Hall–Kier alpha value is -2.93. The lowest BCUT2D eigenvalue weighted by atomic mass is 10.2. The van der Waals surface area contributed by atoms with Crippen molar-refractivity contribution in [1.82, 2.24) is 24.4 Å². The molecular formula is C18H19N5O2. The maximum atomic E-state index is 5.86. The van der Waals surface area contributed by atoms with Crippen molar-refractivity contribution >= 4 is 5.52 Å². The standard InChI is InChI=1S/C18H19N5O2/c1-3-22(4-2)11-15-5-6-16(24-15)18-20-17(21-25-18)13-7-8-23-12-19-10-14(23)9-13/h5-10,12H,3-4,11H2,1-2H3. The van der Waals surface area contributed by atoms with E-state index in [9.17, 15) is 0 Å². The fraction of sp³-hybridized carbons (Fsp3) is 0.278. The van der Waals surface area contributed by atoms with Gasteiger partial charge in [0.25, 0.3) is 5.89 Å². The Bertz CT molecular complexity index is 980. The lowest BCUT2D eigenvalue weighted by molar-refractivity contribution is 0.269. The summed E-state index contributed by atoms with van der Waals surface area (Å²) in [6, 6.07) is 7.72. The smallest absolute Gasteiger partial charge is 0.293 e. The Morgan fingerprint density at radius 3 is 2.88 bits per heavy atom. The molecule has 0 spiro atoms. The SMILES string of the molecule is CCN(CC)Cc1ccc(-c2nc(-c3ccn4cncc4c3)no2)o1. The van der Waals surface area contributed by atoms with Crippen molar-refractivity contribution in [1.29, 1.82) is 0 Å². The predicted octanol–water partition coefficient (Wildman–Crippen LogP) is 3.49. The molecule has 0 aliphatic heterocycles. The van der Waals surface area contributed by atoms with Crippen LogP contribution in [0.4, 0.5) is 0 Å². The Labute approximate surface area is 144 Å². The summed E-state index contributed by atoms with van der Waals surface area (Å²) in [4.78, 5) is 10.8. The van der Waals surface area contributed by atoms with E-state index in [1.54, 1.807) is 12.5 Å². The Kier molecular flexibility index (Phi) is 4.07. The molecule has 4 rings (SSSR count). The van der Waals surface area contributed by atoms with Crippen LogP contribution in [-0.2, 0) is 6.54 Å². The van der Waals surface area contributed by atoms with Crippen molar-refractivity contribution in [3.63, 3.8) is 0 Å². The van der Waals surface area contributed by atoms with Gasteiger partial charge >= 0.3 is 0 Å². The highest BCUT2D eigenvalue weighted by Crippen LogP contribution is 2.25. The molecule has 0 N–H and O–H groups in total. The lowest BCUT2D eigenvalue weighted by Gasteiger charge is -2.15. The van der Waals surface area contributed by atoms with Crippen LogP contribution in [0, 0.1) is 0 Å². The van der Waals surface area contributed by atoms with E-state index >= 15 is 0 Å². The summed E-state index contributed by atoms with van der Waals surface area (Å²) in [5.74, 6) is 2.39. The summed E-state index contributed by atoms with van der Waals surface area (Å²) in [5, 5.41) is 4.07. The first-order valence-corrected chi connectivity index (χ1v) is 8.34. The quantitative estimate of drug-likeness (QED) is 0.536. The third-order valence-corrected chi connectivity index (χ3v) is 4.24. The van der Waals surface area contributed by atoms with E-state index in [2.05, 4.69) is 33.9 Å². The van der Waals surface area contributed by atoms with Crippen LogP contribution in [0.2, 0.25) is 0 Å². The molecule has 0 saturated heterocycles. The van der Waals surface area contributed by atoms with Crippen molar-refractivity contribution in [3.8, 4) is 23.0 Å². The fourth-order valence-electron chi connectivity index (χ4n) is 2.74. The van der Waals surface area contributed by atoms with Gasteiger partial charge < -0.3 is 13.3 Å². The van der Waals surface area contributed by atoms with Gasteiger partial charge in [-0.2, -0.15) is 4.98 Å². The number of nitrogens with zero attached hydrogens (tertiary/aromatic N) is 5. The molecule has 0 fully saturated rings. The normalized spacial score (nSPS) is 11.6. The summed E-state index contributed by atoms with van der Waals surface area (Å²) in [6.07, 6.45) is 5.46. The van der Waals surface area contributed by atoms with Crippen LogP contribution in [0.25, 0.3) is 28.6 Å². The average Bonchev–Trinajstić information content (AvgIpc) is 3.38. The molecule has 0 atom stereocenters. The van der Waals surface area contributed by atoms with Crippen LogP contribution in [0.1, 0.15) is 19.6 Å². The molecule has 0 radical (unpaired) electrons. The molecular weight excluding hydrogens is 318 g/mol. The number of aromatic nitrogens is 4. The number of rotatable bonds is 6. The van der Waals surface area contributed by atoms with E-state index < -0.39 is 0 Å². The van der Waals surface area contributed by atoms with Crippen molar-refractivity contribution in [3.05, 3.63) is 48.7 Å². The first kappa shape index (κ1) is 15.6. The van der Waals surface area contributed by atoms with Gasteiger partial charge in [0.05, 0.1) is 24.6 Å². The van der Waals surface area contributed by atoms with Crippen molar-refractivity contribution < 1.29 is 8.94 Å². The van der Waals surface area contributed by atoms with Gasteiger partial charge in [0, 0.05) is 11.8 Å².